The Morgan fingerprint density at radius 3 is 1.97 bits per heavy atom. The fourth-order valence-electron chi connectivity index (χ4n) is 5.46. The number of aliphatic hydroxyl groups excluding tert-OH is 1. The van der Waals surface area contributed by atoms with Crippen molar-refractivity contribution in [3.8, 4) is 11.1 Å². The Morgan fingerprint density at radius 1 is 0.886 bits per heavy atom. The predicted octanol–water partition coefficient (Wildman–Crippen LogP) is 5.06. The molecule has 35 heavy (non-hydrogen) atoms. The Labute approximate surface area is 207 Å². The summed E-state index contributed by atoms with van der Waals surface area (Å²) >= 11 is 5.96. The molecule has 0 spiro atoms. The van der Waals surface area contributed by atoms with Crippen molar-refractivity contribution < 1.29 is 24.6 Å². The third kappa shape index (κ3) is 4.24. The van der Waals surface area contributed by atoms with Crippen LogP contribution in [0, 0.1) is 17.8 Å². The highest BCUT2D eigenvalue weighted by atomic mass is 35.5. The van der Waals surface area contributed by atoms with Crippen molar-refractivity contribution in [3.05, 3.63) is 94.5 Å². The van der Waals surface area contributed by atoms with E-state index in [4.69, 9.17) is 11.6 Å². The number of hydrogen-bond donors (Lipinski definition) is 2. The van der Waals surface area contributed by atoms with Crippen LogP contribution in [-0.4, -0.2) is 39.4 Å². The SMILES string of the molecule is O=C(O)C1C(CN2C(=O)c3ccccc3C2=O)CCC1C(O)c1ccc(-c2ccc(Cl)cc2)cc1. The van der Waals surface area contributed by atoms with E-state index in [1.54, 1.807) is 24.3 Å². The van der Waals surface area contributed by atoms with E-state index in [1.165, 1.54) is 0 Å². The van der Waals surface area contributed by atoms with Crippen molar-refractivity contribution in [3.63, 3.8) is 0 Å². The standard InChI is InChI=1S/C28H24ClNO5/c29-20-12-9-17(10-13-20)16-5-7-18(8-6-16)25(31)23-14-11-19(24(23)28(34)35)15-30-26(32)21-3-1-2-4-22(21)27(30)33/h1-10,12-13,19,23-25,31H,11,14-15H2,(H,34,35). The number of nitrogens with zero attached hydrogens (tertiary/aromatic N) is 1. The van der Waals surface area contributed by atoms with E-state index in [2.05, 4.69) is 0 Å². The molecule has 4 unspecified atom stereocenters. The molecule has 1 fully saturated rings. The lowest BCUT2D eigenvalue weighted by Gasteiger charge is -2.27. The number of benzene rings is 3. The van der Waals surface area contributed by atoms with E-state index in [1.807, 2.05) is 48.5 Å². The third-order valence-corrected chi connectivity index (χ3v) is 7.51. The second-order valence-electron chi connectivity index (χ2n) is 9.21. The monoisotopic (exact) mass is 489 g/mol. The lowest BCUT2D eigenvalue weighted by Crippen LogP contribution is -2.39. The molecule has 0 radical (unpaired) electrons. The summed E-state index contributed by atoms with van der Waals surface area (Å²) in [5, 5.41) is 21.8. The largest absolute Gasteiger partial charge is 0.481 e. The molecule has 1 aliphatic heterocycles. The van der Waals surface area contributed by atoms with Crippen LogP contribution in [0.3, 0.4) is 0 Å². The van der Waals surface area contributed by atoms with Crippen molar-refractivity contribution in [2.45, 2.75) is 18.9 Å². The minimum atomic E-state index is -1.02. The quantitative estimate of drug-likeness (QED) is 0.472. The molecule has 5 rings (SSSR count). The zero-order valence-electron chi connectivity index (χ0n) is 18.8. The van der Waals surface area contributed by atoms with Crippen LogP contribution in [0.15, 0.2) is 72.8 Å². The first-order valence-electron chi connectivity index (χ1n) is 11.6. The van der Waals surface area contributed by atoms with Gasteiger partial charge in [0.15, 0.2) is 0 Å². The minimum Gasteiger partial charge on any atom is -0.481 e. The highest BCUT2D eigenvalue weighted by Gasteiger charge is 2.47. The van der Waals surface area contributed by atoms with Gasteiger partial charge < -0.3 is 10.2 Å². The number of aliphatic hydroxyl groups is 1. The lowest BCUT2D eigenvalue weighted by atomic mass is 9.83. The molecular weight excluding hydrogens is 466 g/mol. The number of amides is 2. The molecule has 0 aromatic heterocycles. The molecule has 0 bridgehead atoms. The number of imide groups is 1. The van der Waals surface area contributed by atoms with Gasteiger partial charge in [-0.3, -0.25) is 19.3 Å². The summed E-state index contributed by atoms with van der Waals surface area (Å²) in [6.07, 6.45) is 0.0300. The molecule has 178 valence electrons. The fourth-order valence-corrected chi connectivity index (χ4v) is 5.59. The van der Waals surface area contributed by atoms with E-state index < -0.39 is 41.6 Å². The van der Waals surface area contributed by atoms with Crippen LogP contribution >= 0.6 is 11.6 Å². The van der Waals surface area contributed by atoms with Crippen molar-refractivity contribution in [1.82, 2.24) is 4.90 Å². The van der Waals surface area contributed by atoms with E-state index in [-0.39, 0.29) is 6.54 Å². The number of fused-ring (bicyclic) bond motifs is 1. The summed E-state index contributed by atoms with van der Waals surface area (Å²) in [5.74, 6) is -3.62. The number of carboxylic acids is 1. The maximum absolute atomic E-state index is 12.8. The number of carboxylic acid groups (broad SMARTS) is 1. The first-order valence-corrected chi connectivity index (χ1v) is 11.9. The maximum atomic E-state index is 12.8. The number of halogens is 1. The average molecular weight is 490 g/mol. The number of rotatable bonds is 6. The van der Waals surface area contributed by atoms with Crippen LogP contribution in [0.5, 0.6) is 0 Å². The Hall–Kier alpha value is -3.48. The van der Waals surface area contributed by atoms with Crippen LogP contribution in [0.2, 0.25) is 5.02 Å². The smallest absolute Gasteiger partial charge is 0.307 e. The maximum Gasteiger partial charge on any atom is 0.307 e. The molecule has 2 amide bonds. The van der Waals surface area contributed by atoms with Crippen LogP contribution in [-0.2, 0) is 4.79 Å². The van der Waals surface area contributed by atoms with Crippen molar-refractivity contribution in [2.75, 3.05) is 6.54 Å². The van der Waals surface area contributed by atoms with Crippen LogP contribution < -0.4 is 0 Å². The molecule has 1 saturated carbocycles. The van der Waals surface area contributed by atoms with E-state index in [9.17, 15) is 24.6 Å². The van der Waals surface area contributed by atoms with Crippen molar-refractivity contribution in [1.29, 1.82) is 0 Å². The summed E-state index contributed by atoms with van der Waals surface area (Å²) in [5.41, 5.74) is 3.28. The summed E-state index contributed by atoms with van der Waals surface area (Å²) in [7, 11) is 0. The number of aliphatic carboxylic acids is 1. The zero-order chi connectivity index (χ0) is 24.7. The van der Waals surface area contributed by atoms with Gasteiger partial charge in [-0.05, 0) is 59.7 Å². The Balaban J connectivity index is 1.33. The first-order chi connectivity index (χ1) is 16.8. The van der Waals surface area contributed by atoms with Gasteiger partial charge in [0.05, 0.1) is 23.1 Å². The summed E-state index contributed by atoms with van der Waals surface area (Å²) in [4.78, 5) is 39.0. The summed E-state index contributed by atoms with van der Waals surface area (Å²) in [6, 6.07) is 21.5. The Morgan fingerprint density at radius 2 is 1.43 bits per heavy atom. The number of hydrogen-bond acceptors (Lipinski definition) is 4. The molecule has 1 aliphatic carbocycles. The molecule has 7 heteroatoms. The van der Waals surface area contributed by atoms with E-state index >= 15 is 0 Å². The molecule has 1 heterocycles. The van der Waals surface area contributed by atoms with Crippen molar-refractivity contribution >= 4 is 29.4 Å². The molecule has 3 aromatic rings. The lowest BCUT2D eigenvalue weighted by molar-refractivity contribution is -0.146. The predicted molar refractivity (Wildman–Crippen MR) is 131 cm³/mol. The molecule has 2 N–H and O–H groups in total. The summed E-state index contributed by atoms with van der Waals surface area (Å²) in [6.45, 7) is 0.0298. The number of carbonyl (C=O) groups is 3. The highest BCUT2D eigenvalue weighted by Crippen LogP contribution is 2.45. The fraction of sp³-hybridized carbons (Fsp3) is 0.250. The molecule has 4 atom stereocenters. The number of carbonyl (C=O) groups excluding carboxylic acids is 2. The van der Waals surface area contributed by atoms with Gasteiger partial charge in [-0.25, -0.2) is 0 Å². The zero-order valence-corrected chi connectivity index (χ0v) is 19.6. The van der Waals surface area contributed by atoms with Gasteiger partial charge in [0.2, 0.25) is 0 Å². The van der Waals surface area contributed by atoms with Gasteiger partial charge in [0, 0.05) is 17.5 Å². The highest BCUT2D eigenvalue weighted by molar-refractivity contribution is 6.30. The summed E-state index contributed by atoms with van der Waals surface area (Å²) < 4.78 is 0. The first kappa shape index (κ1) is 23.3. The average Bonchev–Trinajstić information content (AvgIpc) is 3.40. The molecule has 2 aliphatic rings. The molecule has 6 nitrogen and oxygen atoms in total. The van der Waals surface area contributed by atoms with Gasteiger partial charge in [0.1, 0.15) is 0 Å². The normalized spacial score (nSPS) is 22.3. The third-order valence-electron chi connectivity index (χ3n) is 7.26. The van der Waals surface area contributed by atoms with Crippen LogP contribution in [0.1, 0.15) is 45.2 Å². The Kier molecular flexibility index (Phi) is 6.17. The van der Waals surface area contributed by atoms with Gasteiger partial charge in [-0.1, -0.05) is 60.1 Å². The minimum absolute atomic E-state index is 0.0298. The molecule has 0 saturated heterocycles. The van der Waals surface area contributed by atoms with E-state index in [0.29, 0.717) is 34.6 Å². The van der Waals surface area contributed by atoms with Gasteiger partial charge in [-0.15, -0.1) is 0 Å². The second-order valence-corrected chi connectivity index (χ2v) is 9.64. The van der Waals surface area contributed by atoms with Crippen LogP contribution in [0.4, 0.5) is 0 Å². The van der Waals surface area contributed by atoms with Gasteiger partial charge >= 0.3 is 5.97 Å². The van der Waals surface area contributed by atoms with Gasteiger partial charge in [0.25, 0.3) is 11.8 Å². The van der Waals surface area contributed by atoms with Gasteiger partial charge in [-0.2, -0.15) is 0 Å². The topological polar surface area (TPSA) is 94.9 Å². The van der Waals surface area contributed by atoms with Crippen molar-refractivity contribution in [2.24, 2.45) is 17.8 Å². The Bertz CT molecular complexity index is 1250. The molecule has 3 aromatic carbocycles. The van der Waals surface area contributed by atoms with E-state index in [0.717, 1.165) is 16.0 Å². The van der Waals surface area contributed by atoms with Crippen LogP contribution in [0.25, 0.3) is 11.1 Å². The second kappa shape index (κ2) is 9.29. The molecular formula is C28H24ClNO5.